The zero-order valence-corrected chi connectivity index (χ0v) is 13.6. The summed E-state index contributed by atoms with van der Waals surface area (Å²) in [4.78, 5) is 0. The van der Waals surface area contributed by atoms with Gasteiger partial charge in [-0.1, -0.05) is 58.4 Å². The third-order valence-corrected chi connectivity index (χ3v) is 6.07. The lowest BCUT2D eigenvalue weighted by molar-refractivity contribution is 0.531. The maximum Gasteiger partial charge on any atom is 0.0207 e. The first kappa shape index (κ1) is 13.5. The molecule has 1 fully saturated rings. The van der Waals surface area contributed by atoms with Crippen LogP contribution in [-0.4, -0.2) is 6.04 Å². The molecule has 4 rings (SSSR count). The van der Waals surface area contributed by atoms with E-state index >= 15 is 0 Å². The van der Waals surface area contributed by atoms with Crippen molar-refractivity contribution in [2.45, 2.75) is 31.2 Å². The fourth-order valence-electron chi connectivity index (χ4n) is 4.26. The summed E-state index contributed by atoms with van der Waals surface area (Å²) < 4.78 is 1.18. The van der Waals surface area contributed by atoms with Gasteiger partial charge < -0.3 is 5.73 Å². The van der Waals surface area contributed by atoms with Crippen molar-refractivity contribution in [3.8, 4) is 0 Å². The molecule has 2 aliphatic carbocycles. The second-order valence-corrected chi connectivity index (χ2v) is 7.32. The number of aryl methyl sites for hydroxylation is 1. The first-order valence-electron chi connectivity index (χ1n) is 7.82. The van der Waals surface area contributed by atoms with Crippen LogP contribution in [0, 0.1) is 11.8 Å². The van der Waals surface area contributed by atoms with E-state index in [4.69, 9.17) is 5.73 Å². The van der Waals surface area contributed by atoms with Crippen molar-refractivity contribution in [3.63, 3.8) is 0 Å². The highest BCUT2D eigenvalue weighted by molar-refractivity contribution is 9.10. The summed E-state index contributed by atoms with van der Waals surface area (Å²) in [5.74, 6) is 2.20. The van der Waals surface area contributed by atoms with Gasteiger partial charge in [0.15, 0.2) is 0 Å². The summed E-state index contributed by atoms with van der Waals surface area (Å²) >= 11 is 3.64. The zero-order valence-electron chi connectivity index (χ0n) is 12.0. The maximum absolute atomic E-state index is 6.58. The van der Waals surface area contributed by atoms with Crippen LogP contribution in [0.3, 0.4) is 0 Å². The molecule has 0 bridgehead atoms. The Balaban J connectivity index is 1.53. The third kappa shape index (κ3) is 2.35. The van der Waals surface area contributed by atoms with Crippen molar-refractivity contribution in [3.05, 3.63) is 69.7 Å². The number of hydrogen-bond acceptors (Lipinski definition) is 1. The van der Waals surface area contributed by atoms with Crippen molar-refractivity contribution < 1.29 is 0 Å². The molecule has 2 aromatic rings. The molecule has 4 atom stereocenters. The molecule has 1 nitrogen and oxygen atoms in total. The smallest absolute Gasteiger partial charge is 0.0207 e. The number of nitrogens with two attached hydrogens (primary N) is 1. The zero-order chi connectivity index (χ0) is 14.4. The van der Waals surface area contributed by atoms with Gasteiger partial charge in [0.2, 0.25) is 0 Å². The van der Waals surface area contributed by atoms with E-state index in [2.05, 4.69) is 64.5 Å². The van der Waals surface area contributed by atoms with E-state index in [1.165, 1.54) is 22.9 Å². The van der Waals surface area contributed by atoms with E-state index in [1.54, 1.807) is 11.1 Å². The molecule has 108 valence electrons. The van der Waals surface area contributed by atoms with Crippen LogP contribution in [0.1, 0.15) is 29.0 Å². The summed E-state index contributed by atoms with van der Waals surface area (Å²) in [6.07, 6.45) is 3.52. The van der Waals surface area contributed by atoms with Gasteiger partial charge in [0, 0.05) is 10.5 Å². The Kier molecular flexibility index (Phi) is 3.39. The Labute approximate surface area is 134 Å². The van der Waals surface area contributed by atoms with Crippen molar-refractivity contribution in [2.24, 2.45) is 17.6 Å². The molecule has 21 heavy (non-hydrogen) atoms. The molecule has 2 aliphatic rings. The third-order valence-electron chi connectivity index (χ3n) is 5.30. The molecule has 0 saturated heterocycles. The number of rotatable bonds is 3. The standard InChI is InChI=1S/C19H20BrN/c20-16-8-4-2-6-13(16)11-17(21)19-15-10-9-12-5-1-3-7-14(12)18(15)19/h1-8,15,17-19H,9-11,21H2. The number of halogens is 1. The molecule has 2 aromatic carbocycles. The second-order valence-electron chi connectivity index (χ2n) is 6.46. The van der Waals surface area contributed by atoms with Gasteiger partial charge in [0.1, 0.15) is 0 Å². The lowest BCUT2D eigenvalue weighted by Crippen LogP contribution is -2.26. The van der Waals surface area contributed by atoms with E-state index in [9.17, 15) is 0 Å². The van der Waals surface area contributed by atoms with Crippen molar-refractivity contribution in [1.29, 1.82) is 0 Å². The number of fused-ring (bicyclic) bond motifs is 3. The molecule has 2 heteroatoms. The monoisotopic (exact) mass is 341 g/mol. The molecule has 0 heterocycles. The summed E-state index contributed by atoms with van der Waals surface area (Å²) in [5.41, 5.74) is 11.0. The van der Waals surface area contributed by atoms with E-state index < -0.39 is 0 Å². The van der Waals surface area contributed by atoms with Crippen LogP contribution < -0.4 is 5.73 Å². The van der Waals surface area contributed by atoms with E-state index in [-0.39, 0.29) is 6.04 Å². The number of hydrogen-bond donors (Lipinski definition) is 1. The minimum atomic E-state index is 0.268. The molecule has 0 aliphatic heterocycles. The van der Waals surface area contributed by atoms with Gasteiger partial charge in [-0.2, -0.15) is 0 Å². The topological polar surface area (TPSA) is 26.0 Å². The highest BCUT2D eigenvalue weighted by Crippen LogP contribution is 2.61. The Morgan fingerprint density at radius 2 is 1.86 bits per heavy atom. The van der Waals surface area contributed by atoms with Gasteiger partial charge >= 0.3 is 0 Å². The summed E-state index contributed by atoms with van der Waals surface area (Å²) in [6.45, 7) is 0. The van der Waals surface area contributed by atoms with Crippen LogP contribution in [0.5, 0.6) is 0 Å². The first-order chi connectivity index (χ1) is 10.3. The molecule has 1 saturated carbocycles. The highest BCUT2D eigenvalue weighted by Gasteiger charge is 2.55. The summed E-state index contributed by atoms with van der Waals surface area (Å²) in [5, 5.41) is 0. The van der Waals surface area contributed by atoms with Crippen LogP contribution >= 0.6 is 15.9 Å². The Bertz CT molecular complexity index is 666. The van der Waals surface area contributed by atoms with E-state index in [0.717, 1.165) is 12.3 Å². The lowest BCUT2D eigenvalue weighted by atomic mass is 9.92. The first-order valence-corrected chi connectivity index (χ1v) is 8.62. The molecule has 0 amide bonds. The fourth-order valence-corrected chi connectivity index (χ4v) is 4.70. The minimum absolute atomic E-state index is 0.268. The lowest BCUT2D eigenvalue weighted by Gasteiger charge is -2.14. The molecule has 2 N–H and O–H groups in total. The van der Waals surface area contributed by atoms with Crippen LogP contribution in [0.2, 0.25) is 0 Å². The van der Waals surface area contributed by atoms with Crippen molar-refractivity contribution >= 4 is 15.9 Å². The van der Waals surface area contributed by atoms with Crippen LogP contribution in [0.4, 0.5) is 0 Å². The van der Waals surface area contributed by atoms with Crippen molar-refractivity contribution in [1.82, 2.24) is 0 Å². The Morgan fingerprint density at radius 3 is 2.71 bits per heavy atom. The van der Waals surface area contributed by atoms with Crippen LogP contribution in [0.15, 0.2) is 53.0 Å². The van der Waals surface area contributed by atoms with Gasteiger partial charge in [-0.15, -0.1) is 0 Å². The number of benzene rings is 2. The highest BCUT2D eigenvalue weighted by atomic mass is 79.9. The molecular weight excluding hydrogens is 322 g/mol. The second kappa shape index (κ2) is 5.26. The average Bonchev–Trinajstić information content (AvgIpc) is 3.24. The van der Waals surface area contributed by atoms with Gasteiger partial charge in [0.25, 0.3) is 0 Å². The molecule has 4 unspecified atom stereocenters. The predicted octanol–water partition coefficient (Wildman–Crippen LogP) is 4.29. The normalized spacial score (nSPS) is 27.6. The molecule has 0 spiro atoms. The minimum Gasteiger partial charge on any atom is -0.327 e. The van der Waals surface area contributed by atoms with Crippen molar-refractivity contribution in [2.75, 3.05) is 0 Å². The van der Waals surface area contributed by atoms with E-state index in [1.807, 2.05) is 0 Å². The Morgan fingerprint density at radius 1 is 1.10 bits per heavy atom. The Hall–Kier alpha value is -1.12. The van der Waals surface area contributed by atoms with Gasteiger partial charge in [-0.05, 0) is 59.8 Å². The van der Waals surface area contributed by atoms with Gasteiger partial charge in [-0.3, -0.25) is 0 Å². The van der Waals surface area contributed by atoms with E-state index in [0.29, 0.717) is 11.8 Å². The van der Waals surface area contributed by atoms with Gasteiger partial charge in [-0.25, -0.2) is 0 Å². The maximum atomic E-state index is 6.58. The fraction of sp³-hybridized carbons (Fsp3) is 0.368. The van der Waals surface area contributed by atoms with Gasteiger partial charge in [0.05, 0.1) is 0 Å². The largest absolute Gasteiger partial charge is 0.327 e. The quantitative estimate of drug-likeness (QED) is 0.885. The molecule has 0 radical (unpaired) electrons. The SMILES string of the molecule is NC(Cc1ccccc1Br)C1C2CCc3ccccc3C21. The molecular formula is C19H20BrN. The predicted molar refractivity (Wildman–Crippen MR) is 90.3 cm³/mol. The average molecular weight is 342 g/mol. The summed E-state index contributed by atoms with van der Waals surface area (Å²) in [6, 6.07) is 17.7. The van der Waals surface area contributed by atoms with Crippen LogP contribution in [0.25, 0.3) is 0 Å². The molecule has 0 aromatic heterocycles. The van der Waals surface area contributed by atoms with Crippen LogP contribution in [-0.2, 0) is 12.8 Å². The summed E-state index contributed by atoms with van der Waals surface area (Å²) in [7, 11) is 0.